The van der Waals surface area contributed by atoms with Gasteiger partial charge < -0.3 is 14.9 Å². The molecule has 4 aliphatic rings. The summed E-state index contributed by atoms with van der Waals surface area (Å²) < 4.78 is 0. The van der Waals surface area contributed by atoms with Crippen LogP contribution in [0.2, 0.25) is 0 Å². The van der Waals surface area contributed by atoms with Crippen LogP contribution in [0, 0.1) is 54.7 Å². The van der Waals surface area contributed by atoms with Crippen LogP contribution in [-0.2, 0) is 23.3 Å². The Bertz CT molecular complexity index is 863. The number of halogens is 2. The molecule has 0 unspecified atom stereocenters. The van der Waals surface area contributed by atoms with E-state index >= 15 is 0 Å². The number of hydrogen-bond donors (Lipinski definition) is 0. The summed E-state index contributed by atoms with van der Waals surface area (Å²) in [7, 11) is 0. The molecule has 162 valence electrons. The van der Waals surface area contributed by atoms with Gasteiger partial charge in [-0.1, -0.05) is 49.2 Å². The molecule has 0 heterocycles. The maximum absolute atomic E-state index is 3.32. The molecule has 0 spiro atoms. The molecule has 0 saturated heterocycles. The van der Waals surface area contributed by atoms with Crippen LogP contribution < -0.4 is 0 Å². The summed E-state index contributed by atoms with van der Waals surface area (Å²) in [5, 5.41) is 0. The molecule has 0 nitrogen and oxygen atoms in total. The van der Waals surface area contributed by atoms with Gasteiger partial charge in [0.1, 0.15) is 0 Å². The number of fused-ring (bicyclic) bond motifs is 2. The molecule has 0 bridgehead atoms. The predicted molar refractivity (Wildman–Crippen MR) is 139 cm³/mol. The van der Waals surface area contributed by atoms with E-state index in [1.54, 1.807) is 23.3 Å². The van der Waals surface area contributed by atoms with Crippen LogP contribution in [0.25, 0.3) is 22.3 Å². The predicted octanol–water partition coefficient (Wildman–Crippen LogP) is 7.24. The summed E-state index contributed by atoms with van der Waals surface area (Å²) in [5.41, 5.74) is 10.2. The quantitative estimate of drug-likeness (QED) is 0.165. The Kier molecular flexibility index (Phi) is 18.8. The second-order valence-corrected chi connectivity index (χ2v) is 6.36. The van der Waals surface area contributed by atoms with Crippen molar-refractivity contribution in [2.24, 2.45) is 0 Å². The van der Waals surface area contributed by atoms with E-state index in [1.807, 2.05) is 6.88 Å². The third-order valence-corrected chi connectivity index (χ3v) is 4.26. The summed E-state index contributed by atoms with van der Waals surface area (Å²) in [4.78, 5) is 0. The van der Waals surface area contributed by atoms with Crippen LogP contribution in [0.3, 0.4) is 0 Å². The average Bonchev–Trinajstić information content (AvgIpc) is 3.09. The fraction of sp³-hybridized carbons (Fsp3) is 0.154. The molecule has 0 aromatic carbocycles. The van der Waals surface area contributed by atoms with Crippen LogP contribution >= 0.6 is 24.8 Å². The van der Waals surface area contributed by atoms with Crippen molar-refractivity contribution in [2.75, 3.05) is 0 Å². The van der Waals surface area contributed by atoms with Gasteiger partial charge in [0.25, 0.3) is 0 Å². The van der Waals surface area contributed by atoms with E-state index in [4.69, 9.17) is 0 Å². The standard InChI is InChI=1S/2C12H11.2CH3.2ClH.H2Si.Zr/c2*1-9-7-11-6-4-3-5-10(2)12(11)8-9;;;;;;/h2*3-6,8H,1-2H3;2*1H3;2*1H;1H2;/q4*-1;;;;. The van der Waals surface area contributed by atoms with Gasteiger partial charge in [0.15, 0.2) is 0 Å². The Hall–Kier alpha value is -0.920. The number of rotatable bonds is 0. The molecule has 0 N–H and O–H groups in total. The first-order valence-corrected chi connectivity index (χ1v) is 14.6. The summed E-state index contributed by atoms with van der Waals surface area (Å²) in [6, 6.07) is 27.7. The second-order valence-electron chi connectivity index (χ2n) is 6.36. The van der Waals surface area contributed by atoms with Gasteiger partial charge in [-0.3, -0.25) is 0 Å². The Balaban J connectivity index is -0.000000400. The Morgan fingerprint density at radius 1 is 0.600 bits per heavy atom. The number of hydrogen-bond acceptors (Lipinski definition) is 0. The summed E-state index contributed by atoms with van der Waals surface area (Å²) in [5.74, 6) is 0. The third-order valence-electron chi connectivity index (χ3n) is 4.26. The molecule has 0 fully saturated rings. The maximum atomic E-state index is 3.32. The van der Waals surface area contributed by atoms with Crippen molar-refractivity contribution >= 4 is 31.7 Å². The molecule has 0 amide bonds. The molecule has 4 rings (SSSR count). The molecule has 0 aromatic heterocycles. The van der Waals surface area contributed by atoms with E-state index in [2.05, 4.69) is 100 Å². The van der Waals surface area contributed by atoms with Crippen molar-refractivity contribution in [1.82, 2.24) is 0 Å². The van der Waals surface area contributed by atoms with Gasteiger partial charge in [0.05, 0.1) is 0 Å². The molecule has 0 radical (unpaired) electrons. The van der Waals surface area contributed by atoms with Gasteiger partial charge in [0.2, 0.25) is 0 Å². The van der Waals surface area contributed by atoms with E-state index < -0.39 is 0 Å². The monoisotopic (exact) mass is 532 g/mol. The minimum atomic E-state index is 0. The fourth-order valence-electron chi connectivity index (χ4n) is 3.02. The fourth-order valence-corrected chi connectivity index (χ4v) is 3.02. The summed E-state index contributed by atoms with van der Waals surface area (Å²) >= 11 is 1.58. The van der Waals surface area contributed by atoms with Crippen molar-refractivity contribution in [3.05, 3.63) is 110 Å². The van der Waals surface area contributed by atoms with Crippen LogP contribution in [0.15, 0.2) is 60.7 Å². The van der Waals surface area contributed by atoms with E-state index in [9.17, 15) is 0 Å². The van der Waals surface area contributed by atoms with E-state index in [0.717, 1.165) is 0 Å². The topological polar surface area (TPSA) is 0 Å². The molecule has 0 aliphatic heterocycles. The van der Waals surface area contributed by atoms with Crippen molar-refractivity contribution in [2.45, 2.75) is 27.7 Å². The van der Waals surface area contributed by atoms with E-state index in [0.29, 0.717) is 0 Å². The molecule has 0 atom stereocenters. The first-order chi connectivity index (χ1) is 12.5. The van der Waals surface area contributed by atoms with Gasteiger partial charge in [-0.25, -0.2) is 0 Å². The van der Waals surface area contributed by atoms with Crippen LogP contribution in [0.4, 0.5) is 0 Å². The van der Waals surface area contributed by atoms with Gasteiger partial charge >= 0.3 is 30.2 Å². The molecular formula is C26H32Cl2SiZr-4. The Morgan fingerprint density at radius 2 is 0.900 bits per heavy atom. The number of aryl methyl sites for hydroxylation is 4. The van der Waals surface area contributed by atoms with Crippen LogP contribution in [-0.4, -0.2) is 6.88 Å². The van der Waals surface area contributed by atoms with Crippen molar-refractivity contribution < 1.29 is 23.3 Å². The molecule has 0 aromatic rings. The molecule has 0 saturated carbocycles. The van der Waals surface area contributed by atoms with Gasteiger partial charge in [0, 0.05) is 0 Å². The van der Waals surface area contributed by atoms with Crippen molar-refractivity contribution in [3.63, 3.8) is 0 Å². The van der Waals surface area contributed by atoms with Crippen LogP contribution in [0.5, 0.6) is 0 Å². The SMILES string of the molecule is Cc1[c-]c2ccccc(C)c-2c1.Cc1[c-]c2ccccc(C)c-2c1.Cl.Cl.[CH3-].[CH3-].[SiH2]=[Zr]. The Morgan fingerprint density at radius 3 is 1.23 bits per heavy atom. The first kappa shape index (κ1) is 33.7. The van der Waals surface area contributed by atoms with Gasteiger partial charge in [-0.2, -0.15) is 23.3 Å². The molecule has 4 heteroatoms. The molecule has 30 heavy (non-hydrogen) atoms. The van der Waals surface area contributed by atoms with Crippen molar-refractivity contribution in [1.29, 1.82) is 0 Å². The van der Waals surface area contributed by atoms with Crippen LogP contribution in [0.1, 0.15) is 22.3 Å². The zero-order chi connectivity index (χ0) is 19.1. The minimum absolute atomic E-state index is 0. The van der Waals surface area contributed by atoms with Gasteiger partial charge in [-0.05, 0) is 13.8 Å². The normalized spacial score (nSPS) is 8.50. The summed E-state index contributed by atoms with van der Waals surface area (Å²) in [6.07, 6.45) is 0. The zero-order valence-corrected chi connectivity index (χ0v) is 24.3. The second kappa shape index (κ2) is 16.7. The molecule has 4 aliphatic carbocycles. The van der Waals surface area contributed by atoms with Gasteiger partial charge in [-0.15, -0.1) is 83.5 Å². The zero-order valence-electron chi connectivity index (χ0n) is 18.8. The van der Waals surface area contributed by atoms with Crippen molar-refractivity contribution in [3.8, 4) is 22.3 Å². The first-order valence-electron chi connectivity index (χ1n) is 8.66. The van der Waals surface area contributed by atoms with E-state index in [-0.39, 0.29) is 39.7 Å². The van der Waals surface area contributed by atoms with E-state index in [1.165, 1.54) is 44.5 Å². The average molecular weight is 535 g/mol. The third kappa shape index (κ3) is 9.06. The summed E-state index contributed by atoms with van der Waals surface area (Å²) in [6.45, 7) is 10.4. The molecular weight excluding hydrogens is 503 g/mol. The Labute approximate surface area is 213 Å².